The molecular weight excluding hydrogens is 509 g/mol. The zero-order chi connectivity index (χ0) is 25.4. The summed E-state index contributed by atoms with van der Waals surface area (Å²) < 4.78 is 34.6. The number of benzene rings is 2. The molecule has 0 bridgehead atoms. The molecule has 2 aromatic carbocycles. The van der Waals surface area contributed by atoms with Crippen molar-refractivity contribution in [2.24, 2.45) is 0 Å². The van der Waals surface area contributed by atoms with Crippen molar-refractivity contribution >= 4 is 33.0 Å². The van der Waals surface area contributed by atoms with Gasteiger partial charge in [-0.1, -0.05) is 30.7 Å². The van der Waals surface area contributed by atoms with Gasteiger partial charge >= 0.3 is 0 Å². The molecule has 7 nitrogen and oxygen atoms in total. The molecule has 0 N–H and O–H groups in total. The highest BCUT2D eigenvalue weighted by Gasteiger charge is 2.15. The number of sulfone groups is 1. The maximum atomic E-state index is 11.6. The molecule has 3 rings (SSSR count). The molecule has 0 saturated heterocycles. The van der Waals surface area contributed by atoms with Gasteiger partial charge in [0.25, 0.3) is 0 Å². The molecule has 3 aromatic rings. The van der Waals surface area contributed by atoms with Gasteiger partial charge in [-0.2, -0.15) is 5.26 Å². The molecule has 0 saturated carbocycles. The van der Waals surface area contributed by atoms with E-state index in [1.807, 2.05) is 36.4 Å². The van der Waals surface area contributed by atoms with Crippen LogP contribution in [0.15, 0.2) is 53.8 Å². The number of halogens is 2. The summed E-state index contributed by atoms with van der Waals surface area (Å²) in [5.41, 5.74) is 2.91. The quantitative estimate of drug-likeness (QED) is 0.186. The van der Waals surface area contributed by atoms with E-state index < -0.39 is 9.84 Å². The lowest BCUT2D eigenvalue weighted by Gasteiger charge is -2.15. The van der Waals surface area contributed by atoms with Crippen LogP contribution in [0.25, 0.3) is 0 Å². The molecule has 10 heteroatoms. The molecular formula is C25H25Cl2N3O4S. The molecule has 1 atom stereocenters. The predicted molar refractivity (Wildman–Crippen MR) is 135 cm³/mol. The van der Waals surface area contributed by atoms with E-state index in [4.69, 9.17) is 32.7 Å². The van der Waals surface area contributed by atoms with Gasteiger partial charge in [-0.25, -0.2) is 18.4 Å². The Morgan fingerprint density at radius 1 is 1.14 bits per heavy atom. The summed E-state index contributed by atoms with van der Waals surface area (Å²) >= 11 is 12.1. The smallest absolute Gasteiger partial charge is 0.247 e. The van der Waals surface area contributed by atoms with Gasteiger partial charge in [0.05, 0.1) is 22.9 Å². The largest absolute Gasteiger partial charge is 0.491 e. The average Bonchev–Trinajstić information content (AvgIpc) is 2.83. The molecule has 184 valence electrons. The highest BCUT2D eigenvalue weighted by atomic mass is 35.5. The van der Waals surface area contributed by atoms with Gasteiger partial charge in [-0.3, -0.25) is 0 Å². The Labute approximate surface area is 215 Å². The van der Waals surface area contributed by atoms with Crippen molar-refractivity contribution in [1.82, 2.24) is 9.97 Å². The number of aromatic nitrogens is 2. The normalized spacial score (nSPS) is 12.1. The van der Waals surface area contributed by atoms with Crippen LogP contribution in [-0.4, -0.2) is 37.1 Å². The van der Waals surface area contributed by atoms with E-state index in [2.05, 4.69) is 23.0 Å². The van der Waals surface area contributed by atoms with Crippen LogP contribution in [-0.2, 0) is 22.9 Å². The zero-order valence-corrected chi connectivity index (χ0v) is 21.7. The number of nitriles is 1. The van der Waals surface area contributed by atoms with Gasteiger partial charge in [-0.15, -0.1) is 11.6 Å². The molecule has 0 amide bonds. The van der Waals surface area contributed by atoms with Crippen molar-refractivity contribution in [2.75, 3.05) is 18.7 Å². The van der Waals surface area contributed by atoms with Crippen molar-refractivity contribution in [3.05, 3.63) is 76.1 Å². The van der Waals surface area contributed by atoms with Gasteiger partial charge in [-0.05, 0) is 60.2 Å². The zero-order valence-electron chi connectivity index (χ0n) is 19.4. The van der Waals surface area contributed by atoms with E-state index in [0.717, 1.165) is 17.4 Å². The SMILES string of the molecule is C[C@H](Cc1cc(Cl)c(OCCCCl)c(C#N)c1)c1ccc(OCc2ccnc(S(C)(=O)=O)n2)cc1. The van der Waals surface area contributed by atoms with Crippen LogP contribution in [0.1, 0.15) is 41.6 Å². The molecule has 0 radical (unpaired) electrons. The molecule has 0 unspecified atom stereocenters. The van der Waals surface area contributed by atoms with E-state index in [1.165, 1.54) is 6.20 Å². The first-order valence-corrected chi connectivity index (χ1v) is 13.7. The predicted octanol–water partition coefficient (Wildman–Crippen LogP) is 5.34. The van der Waals surface area contributed by atoms with E-state index in [9.17, 15) is 13.7 Å². The lowest BCUT2D eigenvalue weighted by molar-refractivity contribution is 0.299. The summed E-state index contributed by atoms with van der Waals surface area (Å²) in [5.74, 6) is 1.66. The minimum absolute atomic E-state index is 0.120. The van der Waals surface area contributed by atoms with Gasteiger partial charge in [0.2, 0.25) is 15.0 Å². The second kappa shape index (κ2) is 12.2. The highest BCUT2D eigenvalue weighted by Crippen LogP contribution is 2.32. The van der Waals surface area contributed by atoms with Crippen molar-refractivity contribution in [3.8, 4) is 17.6 Å². The Hall–Kier alpha value is -2.86. The Balaban J connectivity index is 1.64. The number of rotatable bonds is 11. The van der Waals surface area contributed by atoms with Crippen molar-refractivity contribution in [3.63, 3.8) is 0 Å². The first kappa shape index (κ1) is 26.7. The minimum Gasteiger partial charge on any atom is -0.491 e. The fourth-order valence-corrected chi connectivity index (χ4v) is 4.32. The third-order valence-electron chi connectivity index (χ3n) is 5.15. The molecule has 0 aliphatic rings. The van der Waals surface area contributed by atoms with Crippen LogP contribution in [0, 0.1) is 11.3 Å². The number of hydrogen-bond donors (Lipinski definition) is 0. The van der Waals surface area contributed by atoms with Crippen LogP contribution in [0.2, 0.25) is 5.02 Å². The Bertz CT molecular complexity index is 1310. The molecule has 0 spiro atoms. The van der Waals surface area contributed by atoms with Crippen molar-refractivity contribution in [2.45, 2.75) is 37.4 Å². The van der Waals surface area contributed by atoms with Crippen molar-refractivity contribution < 1.29 is 17.9 Å². The molecule has 0 fully saturated rings. The Kier molecular flexibility index (Phi) is 9.33. The van der Waals surface area contributed by atoms with E-state index in [1.54, 1.807) is 6.07 Å². The lowest BCUT2D eigenvalue weighted by Crippen LogP contribution is -2.07. The maximum Gasteiger partial charge on any atom is 0.247 e. The Morgan fingerprint density at radius 2 is 1.89 bits per heavy atom. The van der Waals surface area contributed by atoms with Crippen LogP contribution in [0.3, 0.4) is 0 Å². The number of ether oxygens (including phenoxy) is 2. The standard InChI is InChI=1S/C25H25Cl2N3O4S/c1-17(12-18-13-20(15-28)24(23(27)14-18)33-11-3-9-26)19-4-6-22(7-5-19)34-16-21-8-10-29-25(30-21)35(2,31)32/h4-8,10,13-14,17H,3,9,11-12,16H2,1-2H3/t17-/m1/s1. The van der Waals surface area contributed by atoms with Crippen molar-refractivity contribution in [1.29, 1.82) is 5.26 Å². The summed E-state index contributed by atoms with van der Waals surface area (Å²) in [6.45, 7) is 2.61. The van der Waals surface area contributed by atoms with E-state index >= 15 is 0 Å². The fraction of sp³-hybridized carbons (Fsp3) is 0.320. The number of nitrogens with zero attached hydrogens (tertiary/aromatic N) is 3. The van der Waals surface area contributed by atoms with E-state index in [0.29, 0.717) is 53.1 Å². The second-order valence-electron chi connectivity index (χ2n) is 8.02. The van der Waals surface area contributed by atoms with Gasteiger partial charge in [0.1, 0.15) is 18.4 Å². The molecule has 0 aliphatic carbocycles. The van der Waals surface area contributed by atoms with Crippen LogP contribution < -0.4 is 9.47 Å². The second-order valence-corrected chi connectivity index (χ2v) is 10.7. The van der Waals surface area contributed by atoms with Crippen LogP contribution >= 0.6 is 23.2 Å². The summed E-state index contributed by atoms with van der Waals surface area (Å²) in [6.07, 6.45) is 3.82. The fourth-order valence-electron chi connectivity index (χ4n) is 3.38. The summed E-state index contributed by atoms with van der Waals surface area (Å²) in [7, 11) is -3.48. The number of hydrogen-bond acceptors (Lipinski definition) is 7. The number of alkyl halides is 1. The van der Waals surface area contributed by atoms with Gasteiger partial charge in [0, 0.05) is 18.3 Å². The molecule has 0 aliphatic heterocycles. The molecule has 1 heterocycles. The average molecular weight is 534 g/mol. The first-order valence-electron chi connectivity index (χ1n) is 10.9. The van der Waals surface area contributed by atoms with E-state index in [-0.39, 0.29) is 17.7 Å². The molecule has 1 aromatic heterocycles. The third kappa shape index (κ3) is 7.56. The van der Waals surface area contributed by atoms with Gasteiger partial charge < -0.3 is 9.47 Å². The minimum atomic E-state index is -3.48. The summed E-state index contributed by atoms with van der Waals surface area (Å²) in [5, 5.41) is 9.71. The Morgan fingerprint density at radius 3 is 2.54 bits per heavy atom. The topological polar surface area (TPSA) is 102 Å². The third-order valence-corrected chi connectivity index (χ3v) is 6.56. The molecule has 35 heavy (non-hydrogen) atoms. The lowest BCUT2D eigenvalue weighted by atomic mass is 9.93. The maximum absolute atomic E-state index is 11.6. The van der Waals surface area contributed by atoms with Crippen LogP contribution in [0.5, 0.6) is 11.5 Å². The summed E-state index contributed by atoms with van der Waals surface area (Å²) in [6, 6.07) is 15.1. The van der Waals surface area contributed by atoms with Gasteiger partial charge in [0.15, 0.2) is 5.75 Å². The van der Waals surface area contributed by atoms with Crippen LogP contribution in [0.4, 0.5) is 0 Å². The first-order chi connectivity index (χ1) is 16.7. The highest BCUT2D eigenvalue weighted by molar-refractivity contribution is 7.90. The summed E-state index contributed by atoms with van der Waals surface area (Å²) in [4.78, 5) is 7.80. The monoisotopic (exact) mass is 533 g/mol.